The molecular weight excluding hydrogens is 351 g/mol. The molecule has 0 amide bonds. The molecule has 1 aromatic carbocycles. The van der Waals surface area contributed by atoms with E-state index in [0.29, 0.717) is 15.2 Å². The highest BCUT2D eigenvalue weighted by Gasteiger charge is 2.29. The van der Waals surface area contributed by atoms with Crippen molar-refractivity contribution in [2.24, 2.45) is 5.92 Å². The van der Waals surface area contributed by atoms with Crippen molar-refractivity contribution in [3.8, 4) is 0 Å². The maximum atomic E-state index is 13.5. The van der Waals surface area contributed by atoms with Gasteiger partial charge in [-0.15, -0.1) is 0 Å². The van der Waals surface area contributed by atoms with E-state index in [4.69, 9.17) is 4.74 Å². The molecule has 1 aromatic rings. The van der Waals surface area contributed by atoms with Crippen LogP contribution in [-0.4, -0.2) is 11.4 Å². The number of hydrogen-bond donors (Lipinski definition) is 0. The smallest absolute Gasteiger partial charge is 0.137 e. The summed E-state index contributed by atoms with van der Waals surface area (Å²) in [5.74, 6) is 0.335. The van der Waals surface area contributed by atoms with Crippen LogP contribution in [0.25, 0.3) is 0 Å². The van der Waals surface area contributed by atoms with Gasteiger partial charge in [0.1, 0.15) is 5.82 Å². The summed E-state index contributed by atoms with van der Waals surface area (Å²) >= 11 is 6.86. The summed E-state index contributed by atoms with van der Waals surface area (Å²) in [6.07, 6.45) is 2.02. The largest absolute Gasteiger partial charge is 0.373 e. The molecule has 0 saturated carbocycles. The second-order valence-corrected chi connectivity index (χ2v) is 6.45. The molecule has 94 valence electrons. The molecule has 0 radical (unpaired) electrons. The highest BCUT2D eigenvalue weighted by molar-refractivity contribution is 9.10. The molecule has 1 fully saturated rings. The molecular formula is C13H15Br2FO. The summed E-state index contributed by atoms with van der Waals surface area (Å²) < 4.78 is 19.8. The highest BCUT2D eigenvalue weighted by atomic mass is 79.9. The van der Waals surface area contributed by atoms with E-state index in [9.17, 15) is 4.39 Å². The van der Waals surface area contributed by atoms with Crippen LogP contribution in [0.5, 0.6) is 0 Å². The topological polar surface area (TPSA) is 9.23 Å². The van der Waals surface area contributed by atoms with Crippen LogP contribution >= 0.6 is 31.9 Å². The first kappa shape index (κ1) is 13.5. The zero-order valence-corrected chi connectivity index (χ0v) is 12.8. The Morgan fingerprint density at radius 2 is 2.24 bits per heavy atom. The van der Waals surface area contributed by atoms with Gasteiger partial charge in [-0.25, -0.2) is 4.39 Å². The molecule has 0 aliphatic carbocycles. The fourth-order valence-corrected chi connectivity index (χ4v) is 3.24. The number of benzene rings is 1. The Balaban J connectivity index is 2.11. The van der Waals surface area contributed by atoms with E-state index in [1.165, 1.54) is 0 Å². The summed E-state index contributed by atoms with van der Waals surface area (Å²) in [4.78, 5) is 0.456. The Labute approximate surface area is 118 Å². The molecule has 1 heterocycles. The van der Waals surface area contributed by atoms with E-state index in [0.717, 1.165) is 25.0 Å². The van der Waals surface area contributed by atoms with Gasteiger partial charge in [-0.2, -0.15) is 0 Å². The molecule has 3 atom stereocenters. The number of halogens is 3. The van der Waals surface area contributed by atoms with Crippen LogP contribution in [0.2, 0.25) is 0 Å². The van der Waals surface area contributed by atoms with Gasteiger partial charge in [0.15, 0.2) is 0 Å². The van der Waals surface area contributed by atoms with Gasteiger partial charge in [-0.3, -0.25) is 0 Å². The number of ether oxygens (including phenoxy) is 1. The monoisotopic (exact) mass is 364 g/mol. The molecule has 0 unspecified atom stereocenters. The summed E-state index contributed by atoms with van der Waals surface area (Å²) in [7, 11) is 0. The Kier molecular flexibility index (Phi) is 4.61. The first-order valence-electron chi connectivity index (χ1n) is 5.82. The second-order valence-electron chi connectivity index (χ2n) is 4.42. The van der Waals surface area contributed by atoms with E-state index in [1.54, 1.807) is 12.1 Å². The first-order chi connectivity index (χ1) is 8.11. The maximum Gasteiger partial charge on any atom is 0.137 e. The molecule has 1 aliphatic rings. The number of alkyl halides is 1. The van der Waals surface area contributed by atoms with Crippen molar-refractivity contribution >= 4 is 31.9 Å². The van der Waals surface area contributed by atoms with Crippen LogP contribution in [0, 0.1) is 11.7 Å². The lowest BCUT2D eigenvalue weighted by Crippen LogP contribution is -2.29. The molecule has 2 rings (SSSR count). The fraction of sp³-hybridized carbons (Fsp3) is 0.538. The minimum absolute atomic E-state index is 0.00442. The van der Waals surface area contributed by atoms with Gasteiger partial charge >= 0.3 is 0 Å². The third-order valence-corrected chi connectivity index (χ3v) is 5.07. The van der Waals surface area contributed by atoms with Crippen molar-refractivity contribution in [1.82, 2.24) is 0 Å². The Morgan fingerprint density at radius 1 is 1.47 bits per heavy atom. The molecule has 0 N–H and O–H groups in total. The van der Waals surface area contributed by atoms with Crippen molar-refractivity contribution in [1.29, 1.82) is 0 Å². The highest BCUT2D eigenvalue weighted by Crippen LogP contribution is 2.36. The van der Waals surface area contributed by atoms with E-state index < -0.39 is 0 Å². The van der Waals surface area contributed by atoms with Gasteiger partial charge < -0.3 is 4.74 Å². The van der Waals surface area contributed by atoms with Gasteiger partial charge in [-0.1, -0.05) is 35.3 Å². The normalized spacial score (nSPS) is 29.3. The SMILES string of the molecule is CC[C@@H]1CO[C@H](c2ccc(Br)c(F)c2)C[C@@H]1Br. The quantitative estimate of drug-likeness (QED) is 0.681. The second kappa shape index (κ2) is 5.81. The molecule has 17 heavy (non-hydrogen) atoms. The van der Waals surface area contributed by atoms with E-state index in [1.807, 2.05) is 6.07 Å². The minimum Gasteiger partial charge on any atom is -0.373 e. The molecule has 1 nitrogen and oxygen atoms in total. The molecule has 0 spiro atoms. The van der Waals surface area contributed by atoms with Crippen molar-refractivity contribution in [3.05, 3.63) is 34.1 Å². The van der Waals surface area contributed by atoms with E-state index in [-0.39, 0.29) is 11.9 Å². The predicted molar refractivity (Wildman–Crippen MR) is 73.9 cm³/mol. The molecule has 1 aliphatic heterocycles. The number of rotatable bonds is 2. The summed E-state index contributed by atoms with van der Waals surface area (Å²) in [5.41, 5.74) is 0.921. The van der Waals surface area contributed by atoms with Gasteiger partial charge in [-0.05, 0) is 46.0 Å². The summed E-state index contributed by atoms with van der Waals surface area (Å²) in [5, 5.41) is 0. The fourth-order valence-electron chi connectivity index (χ4n) is 2.13. The van der Waals surface area contributed by atoms with Crippen molar-refractivity contribution in [3.63, 3.8) is 0 Å². The lowest BCUT2D eigenvalue weighted by Gasteiger charge is -2.33. The Morgan fingerprint density at radius 3 is 2.82 bits per heavy atom. The van der Waals surface area contributed by atoms with Crippen LogP contribution in [0.4, 0.5) is 4.39 Å². The third kappa shape index (κ3) is 3.09. The van der Waals surface area contributed by atoms with Crippen LogP contribution < -0.4 is 0 Å². The van der Waals surface area contributed by atoms with Crippen molar-refractivity contribution in [2.45, 2.75) is 30.7 Å². The molecule has 0 bridgehead atoms. The number of hydrogen-bond acceptors (Lipinski definition) is 1. The van der Waals surface area contributed by atoms with E-state index in [2.05, 4.69) is 38.8 Å². The third-order valence-electron chi connectivity index (χ3n) is 3.30. The van der Waals surface area contributed by atoms with Gasteiger partial charge in [0, 0.05) is 4.83 Å². The Hall–Kier alpha value is 0.0700. The van der Waals surface area contributed by atoms with Crippen LogP contribution in [0.3, 0.4) is 0 Å². The zero-order valence-electron chi connectivity index (χ0n) is 9.63. The minimum atomic E-state index is -0.227. The zero-order chi connectivity index (χ0) is 12.4. The average Bonchev–Trinajstić information content (AvgIpc) is 2.32. The van der Waals surface area contributed by atoms with Gasteiger partial charge in [0.2, 0.25) is 0 Å². The average molecular weight is 366 g/mol. The lowest BCUT2D eigenvalue weighted by molar-refractivity contribution is -0.0133. The van der Waals surface area contributed by atoms with Crippen molar-refractivity contribution in [2.75, 3.05) is 6.61 Å². The van der Waals surface area contributed by atoms with Crippen LogP contribution in [0.15, 0.2) is 22.7 Å². The Bertz CT molecular complexity index is 397. The van der Waals surface area contributed by atoms with Gasteiger partial charge in [0.05, 0.1) is 17.2 Å². The van der Waals surface area contributed by atoms with E-state index >= 15 is 0 Å². The lowest BCUT2D eigenvalue weighted by atomic mass is 9.93. The maximum absolute atomic E-state index is 13.5. The predicted octanol–water partition coefficient (Wildman–Crippen LogP) is 4.84. The van der Waals surface area contributed by atoms with Crippen LogP contribution in [0.1, 0.15) is 31.4 Å². The molecule has 0 aromatic heterocycles. The first-order valence-corrected chi connectivity index (χ1v) is 7.53. The van der Waals surface area contributed by atoms with Gasteiger partial charge in [0.25, 0.3) is 0 Å². The summed E-state index contributed by atoms with van der Waals surface area (Å²) in [6, 6.07) is 5.22. The standard InChI is InChI=1S/C13H15Br2FO/c1-2-8-7-17-13(6-11(8)15)9-3-4-10(14)12(16)5-9/h3-5,8,11,13H,2,6-7H2,1H3/t8-,11+,13+/m1/s1. The van der Waals surface area contributed by atoms with Crippen molar-refractivity contribution < 1.29 is 9.13 Å². The summed E-state index contributed by atoms with van der Waals surface area (Å²) in [6.45, 7) is 2.91. The molecule has 4 heteroatoms. The van der Waals surface area contributed by atoms with Crippen LogP contribution in [-0.2, 0) is 4.74 Å². The molecule has 1 saturated heterocycles.